The molecule has 0 saturated carbocycles. The van der Waals surface area contributed by atoms with E-state index in [1.807, 2.05) is 20.8 Å². The predicted octanol–water partition coefficient (Wildman–Crippen LogP) is 5.99. The second-order valence-electron chi connectivity index (χ2n) is 3.98. The van der Waals surface area contributed by atoms with E-state index in [1.54, 1.807) is 0 Å². The summed E-state index contributed by atoms with van der Waals surface area (Å²) >= 11 is 0. The molecule has 0 bridgehead atoms. The van der Waals surface area contributed by atoms with Gasteiger partial charge in [-0.1, -0.05) is 59.5 Å². The van der Waals surface area contributed by atoms with E-state index in [-0.39, 0.29) is 0 Å². The number of rotatable bonds is 8. The van der Waals surface area contributed by atoms with Gasteiger partial charge in [-0.2, -0.15) is 0 Å². The maximum absolute atomic E-state index is 5.33. The molecule has 0 aliphatic carbocycles. The van der Waals surface area contributed by atoms with Crippen LogP contribution in [0.3, 0.4) is 0 Å². The van der Waals surface area contributed by atoms with Crippen molar-refractivity contribution in [3.05, 3.63) is 12.2 Å². The monoisotopic (exact) mass is 244 g/mol. The molecule has 0 aliphatic heterocycles. The Morgan fingerprint density at radius 2 is 1.41 bits per heavy atom. The van der Waals surface area contributed by atoms with Crippen molar-refractivity contribution in [3.63, 3.8) is 0 Å². The fourth-order valence-electron chi connectivity index (χ4n) is 0.877. The average Bonchev–Trinajstić information content (AvgIpc) is 2.37. The Hall–Kier alpha value is -0.300. The summed E-state index contributed by atoms with van der Waals surface area (Å²) in [7, 11) is 0. The SMILES string of the molecule is C=C(C)CC.CC.CCCCCCOCCC. The number of allylic oxidation sites excluding steroid dienone is 1. The third kappa shape index (κ3) is 38.9. The molecule has 0 heterocycles. The normalized spacial score (nSPS) is 8.59. The van der Waals surface area contributed by atoms with E-state index in [9.17, 15) is 0 Å². The van der Waals surface area contributed by atoms with Gasteiger partial charge >= 0.3 is 0 Å². The van der Waals surface area contributed by atoms with Gasteiger partial charge in [-0.3, -0.25) is 0 Å². The second-order valence-corrected chi connectivity index (χ2v) is 3.98. The second kappa shape index (κ2) is 24.8. The fraction of sp³-hybridized carbons (Fsp3) is 0.875. The lowest BCUT2D eigenvalue weighted by Crippen LogP contribution is -1.94. The zero-order valence-corrected chi connectivity index (χ0v) is 13.3. The lowest BCUT2D eigenvalue weighted by Gasteiger charge is -2.00. The first-order chi connectivity index (χ1) is 8.18. The van der Waals surface area contributed by atoms with Gasteiger partial charge in [-0.15, -0.1) is 6.58 Å². The van der Waals surface area contributed by atoms with Crippen molar-refractivity contribution in [2.24, 2.45) is 0 Å². The van der Waals surface area contributed by atoms with Gasteiger partial charge in [0.05, 0.1) is 0 Å². The smallest absolute Gasteiger partial charge is 0.0466 e. The molecule has 0 rings (SSSR count). The van der Waals surface area contributed by atoms with Crippen LogP contribution in [0.15, 0.2) is 12.2 Å². The van der Waals surface area contributed by atoms with Crippen LogP contribution in [0.1, 0.15) is 80.1 Å². The van der Waals surface area contributed by atoms with Gasteiger partial charge in [0.25, 0.3) is 0 Å². The van der Waals surface area contributed by atoms with Crippen LogP contribution in [0.5, 0.6) is 0 Å². The molecule has 17 heavy (non-hydrogen) atoms. The van der Waals surface area contributed by atoms with E-state index < -0.39 is 0 Å². The average molecular weight is 244 g/mol. The predicted molar refractivity (Wildman–Crippen MR) is 81.7 cm³/mol. The standard InChI is InChI=1S/C9H20O.C5H10.C2H6/c1-3-5-6-7-9-10-8-4-2;1-4-5(2)3;1-2/h3-9H2,1-2H3;2,4H2,1,3H3;1-2H3. The van der Waals surface area contributed by atoms with E-state index in [0.29, 0.717) is 0 Å². The van der Waals surface area contributed by atoms with Crippen molar-refractivity contribution in [1.82, 2.24) is 0 Å². The van der Waals surface area contributed by atoms with Crippen LogP contribution in [0, 0.1) is 0 Å². The minimum Gasteiger partial charge on any atom is -0.381 e. The molecule has 106 valence electrons. The molecule has 0 spiro atoms. The fourth-order valence-corrected chi connectivity index (χ4v) is 0.877. The van der Waals surface area contributed by atoms with Crippen LogP contribution in [0.25, 0.3) is 0 Å². The highest BCUT2D eigenvalue weighted by atomic mass is 16.5. The molecule has 0 amide bonds. The highest BCUT2D eigenvalue weighted by Crippen LogP contribution is 1.98. The summed E-state index contributed by atoms with van der Waals surface area (Å²) < 4.78 is 5.33. The summed E-state index contributed by atoms with van der Waals surface area (Å²) in [5, 5.41) is 0. The first kappa shape index (κ1) is 21.9. The van der Waals surface area contributed by atoms with E-state index in [1.165, 1.54) is 31.3 Å². The van der Waals surface area contributed by atoms with E-state index in [2.05, 4.69) is 27.4 Å². The topological polar surface area (TPSA) is 9.23 Å². The number of hydrogen-bond donors (Lipinski definition) is 0. The van der Waals surface area contributed by atoms with Crippen LogP contribution < -0.4 is 0 Å². The van der Waals surface area contributed by atoms with Crippen LogP contribution >= 0.6 is 0 Å². The third-order valence-corrected chi connectivity index (χ3v) is 2.09. The summed E-state index contributed by atoms with van der Waals surface area (Å²) in [6.07, 6.45) is 7.51. The molecule has 0 radical (unpaired) electrons. The minimum atomic E-state index is 0.937. The molecule has 0 N–H and O–H groups in total. The molecule has 0 aromatic carbocycles. The van der Waals surface area contributed by atoms with Crippen molar-refractivity contribution in [2.75, 3.05) is 13.2 Å². The van der Waals surface area contributed by atoms with Crippen LogP contribution in [-0.4, -0.2) is 13.2 Å². The molecular formula is C16H36O. The maximum Gasteiger partial charge on any atom is 0.0466 e. The molecule has 0 unspecified atom stereocenters. The minimum absolute atomic E-state index is 0.937. The zero-order valence-electron chi connectivity index (χ0n) is 13.3. The van der Waals surface area contributed by atoms with Gasteiger partial charge in [-0.25, -0.2) is 0 Å². The van der Waals surface area contributed by atoms with Gasteiger partial charge in [-0.05, 0) is 26.2 Å². The molecule has 0 fully saturated rings. The molecule has 1 nitrogen and oxygen atoms in total. The number of hydrogen-bond acceptors (Lipinski definition) is 1. The summed E-state index contributed by atoms with van der Waals surface area (Å²) in [6, 6.07) is 0. The van der Waals surface area contributed by atoms with Crippen molar-refractivity contribution < 1.29 is 4.74 Å². The van der Waals surface area contributed by atoms with Gasteiger partial charge in [0.1, 0.15) is 0 Å². The largest absolute Gasteiger partial charge is 0.381 e. The van der Waals surface area contributed by atoms with E-state index in [4.69, 9.17) is 4.74 Å². The van der Waals surface area contributed by atoms with Crippen LogP contribution in [-0.2, 0) is 4.74 Å². The Labute approximate surface area is 111 Å². The first-order valence-electron chi connectivity index (χ1n) is 7.41. The highest BCUT2D eigenvalue weighted by molar-refractivity contribution is 4.84. The van der Waals surface area contributed by atoms with Crippen LogP contribution in [0.2, 0.25) is 0 Å². The highest BCUT2D eigenvalue weighted by Gasteiger charge is 1.86. The van der Waals surface area contributed by atoms with Crippen molar-refractivity contribution in [3.8, 4) is 0 Å². The van der Waals surface area contributed by atoms with Gasteiger partial charge in [0.15, 0.2) is 0 Å². The quantitative estimate of drug-likeness (QED) is 0.376. The van der Waals surface area contributed by atoms with Gasteiger partial charge in [0.2, 0.25) is 0 Å². The molecule has 0 aromatic heterocycles. The van der Waals surface area contributed by atoms with Crippen LogP contribution in [0.4, 0.5) is 0 Å². The van der Waals surface area contributed by atoms with E-state index >= 15 is 0 Å². The third-order valence-electron chi connectivity index (χ3n) is 2.09. The zero-order chi connectivity index (χ0) is 13.9. The summed E-state index contributed by atoms with van der Waals surface area (Å²) in [5.74, 6) is 0. The van der Waals surface area contributed by atoms with Gasteiger partial charge in [0, 0.05) is 13.2 Å². The Kier molecular flexibility index (Phi) is 32.0. The van der Waals surface area contributed by atoms with E-state index in [0.717, 1.165) is 26.1 Å². The Morgan fingerprint density at radius 1 is 0.882 bits per heavy atom. The Balaban J connectivity index is -0.000000236. The lowest BCUT2D eigenvalue weighted by atomic mass is 10.2. The lowest BCUT2D eigenvalue weighted by molar-refractivity contribution is 0.130. The Morgan fingerprint density at radius 3 is 1.76 bits per heavy atom. The summed E-state index contributed by atoms with van der Waals surface area (Å²) in [5.41, 5.74) is 1.25. The Bertz CT molecular complexity index is 111. The molecule has 0 aromatic rings. The molecule has 0 aliphatic rings. The number of unbranched alkanes of at least 4 members (excludes halogenated alkanes) is 3. The molecule has 0 saturated heterocycles. The van der Waals surface area contributed by atoms with Crippen molar-refractivity contribution in [1.29, 1.82) is 0 Å². The molecule has 1 heteroatoms. The molecular weight excluding hydrogens is 208 g/mol. The number of ether oxygens (including phenoxy) is 1. The summed E-state index contributed by atoms with van der Waals surface area (Å²) in [4.78, 5) is 0. The maximum atomic E-state index is 5.33. The summed E-state index contributed by atoms with van der Waals surface area (Å²) in [6.45, 7) is 18.1. The van der Waals surface area contributed by atoms with Crippen molar-refractivity contribution in [2.45, 2.75) is 80.1 Å². The van der Waals surface area contributed by atoms with Crippen molar-refractivity contribution >= 4 is 0 Å². The first-order valence-corrected chi connectivity index (χ1v) is 7.41. The van der Waals surface area contributed by atoms with Gasteiger partial charge < -0.3 is 4.74 Å². The molecule has 0 atom stereocenters.